The second kappa shape index (κ2) is 7.96. The molecule has 0 radical (unpaired) electrons. The number of nitrogens with zero attached hydrogens (tertiary/aromatic N) is 4. The van der Waals surface area contributed by atoms with Crippen molar-refractivity contribution in [3.8, 4) is 5.69 Å². The number of rotatable bonds is 5. The van der Waals surface area contributed by atoms with Crippen LogP contribution in [0.1, 0.15) is 46.1 Å². The zero-order chi connectivity index (χ0) is 21.4. The SMILES string of the molecule is Cc1nn(-c2ccccc2)c(Cl)c1C=NNC(=O)c1cc(C2CC2)nc2ccccc12. The highest BCUT2D eigenvalue weighted by atomic mass is 35.5. The largest absolute Gasteiger partial charge is 0.272 e. The van der Waals surface area contributed by atoms with Gasteiger partial charge in [-0.15, -0.1) is 0 Å². The lowest BCUT2D eigenvalue weighted by molar-refractivity contribution is 0.0956. The van der Waals surface area contributed by atoms with E-state index < -0.39 is 0 Å². The Morgan fingerprint density at radius 2 is 1.90 bits per heavy atom. The highest BCUT2D eigenvalue weighted by Gasteiger charge is 2.27. The van der Waals surface area contributed by atoms with Crippen LogP contribution in [0.3, 0.4) is 0 Å². The molecule has 7 heteroatoms. The number of carbonyl (C=O) groups is 1. The van der Waals surface area contributed by atoms with Crippen LogP contribution in [-0.2, 0) is 0 Å². The van der Waals surface area contributed by atoms with Crippen LogP contribution in [0.15, 0.2) is 65.8 Å². The summed E-state index contributed by atoms with van der Waals surface area (Å²) in [7, 11) is 0. The van der Waals surface area contributed by atoms with Crippen LogP contribution in [0.4, 0.5) is 0 Å². The second-order valence-electron chi connectivity index (χ2n) is 7.62. The smallest absolute Gasteiger partial charge is 0.267 e. The predicted octanol–water partition coefficient (Wildman–Crippen LogP) is 5.02. The molecule has 1 aliphatic carbocycles. The Bertz CT molecular complexity index is 1310. The van der Waals surface area contributed by atoms with Gasteiger partial charge < -0.3 is 0 Å². The van der Waals surface area contributed by atoms with Gasteiger partial charge in [0.2, 0.25) is 0 Å². The zero-order valence-corrected chi connectivity index (χ0v) is 17.7. The van der Waals surface area contributed by atoms with E-state index in [1.165, 1.54) is 6.21 Å². The number of aromatic nitrogens is 3. The first kappa shape index (κ1) is 19.5. The quantitative estimate of drug-likeness (QED) is 0.357. The lowest BCUT2D eigenvalue weighted by Crippen LogP contribution is -2.18. The van der Waals surface area contributed by atoms with Crippen LogP contribution >= 0.6 is 11.6 Å². The molecular weight excluding hydrogens is 410 g/mol. The van der Waals surface area contributed by atoms with E-state index in [1.54, 1.807) is 4.68 Å². The van der Waals surface area contributed by atoms with Crippen molar-refractivity contribution in [2.75, 3.05) is 0 Å². The standard InChI is InChI=1S/C24H20ClN5O/c1-15-20(23(25)30(29-15)17-7-3-2-4-8-17)14-26-28-24(31)19-13-22(16-11-12-16)27-21-10-6-5-9-18(19)21/h2-10,13-14,16H,11-12H2,1H3,(H,28,31). The van der Waals surface area contributed by atoms with Gasteiger partial charge in [-0.2, -0.15) is 10.2 Å². The Kier molecular flexibility index (Phi) is 5.00. The van der Waals surface area contributed by atoms with Gasteiger partial charge in [-0.3, -0.25) is 9.78 Å². The van der Waals surface area contributed by atoms with Gasteiger partial charge in [0.05, 0.1) is 34.2 Å². The summed E-state index contributed by atoms with van der Waals surface area (Å²) in [4.78, 5) is 17.7. The van der Waals surface area contributed by atoms with E-state index in [-0.39, 0.29) is 5.91 Å². The molecule has 5 rings (SSSR count). The van der Waals surface area contributed by atoms with Crippen LogP contribution in [0.5, 0.6) is 0 Å². The van der Waals surface area contributed by atoms with E-state index in [4.69, 9.17) is 16.6 Å². The fourth-order valence-electron chi connectivity index (χ4n) is 3.59. The minimum Gasteiger partial charge on any atom is -0.267 e. The maximum Gasteiger partial charge on any atom is 0.272 e. The lowest BCUT2D eigenvalue weighted by atomic mass is 10.1. The Morgan fingerprint density at radius 3 is 2.68 bits per heavy atom. The number of halogens is 1. The molecule has 1 amide bonds. The summed E-state index contributed by atoms with van der Waals surface area (Å²) in [5.74, 6) is 0.172. The Labute approximate surface area is 184 Å². The third-order valence-corrected chi connectivity index (χ3v) is 5.75. The van der Waals surface area contributed by atoms with Crippen LogP contribution < -0.4 is 5.43 Å². The molecule has 0 saturated heterocycles. The Balaban J connectivity index is 1.41. The van der Waals surface area contributed by atoms with Crippen molar-refractivity contribution in [3.63, 3.8) is 0 Å². The van der Waals surface area contributed by atoms with E-state index in [0.717, 1.165) is 40.8 Å². The zero-order valence-electron chi connectivity index (χ0n) is 16.9. The van der Waals surface area contributed by atoms with E-state index in [1.807, 2.05) is 67.6 Å². The first-order valence-corrected chi connectivity index (χ1v) is 10.5. The van der Waals surface area contributed by atoms with Gasteiger partial charge in [-0.1, -0.05) is 48.0 Å². The molecule has 1 aliphatic rings. The molecule has 0 aliphatic heterocycles. The van der Waals surface area contributed by atoms with Crippen LogP contribution in [0.2, 0.25) is 5.15 Å². The van der Waals surface area contributed by atoms with Gasteiger partial charge in [0, 0.05) is 17.0 Å². The number of carbonyl (C=O) groups excluding carboxylic acids is 1. The number of amides is 1. The monoisotopic (exact) mass is 429 g/mol. The third kappa shape index (κ3) is 3.82. The van der Waals surface area contributed by atoms with Crippen LogP contribution in [-0.4, -0.2) is 26.9 Å². The molecule has 4 aromatic rings. The molecule has 1 saturated carbocycles. The maximum absolute atomic E-state index is 12.9. The molecule has 0 unspecified atom stereocenters. The van der Waals surface area contributed by atoms with Gasteiger partial charge in [-0.05, 0) is 44.0 Å². The van der Waals surface area contributed by atoms with Crippen LogP contribution in [0.25, 0.3) is 16.6 Å². The maximum atomic E-state index is 12.9. The van der Waals surface area contributed by atoms with Gasteiger partial charge in [-0.25, -0.2) is 10.1 Å². The normalized spacial score (nSPS) is 13.7. The topological polar surface area (TPSA) is 72.2 Å². The van der Waals surface area contributed by atoms with Gasteiger partial charge in [0.15, 0.2) is 0 Å². The number of nitrogens with one attached hydrogen (secondary N) is 1. The Morgan fingerprint density at radius 1 is 1.16 bits per heavy atom. The Hall–Kier alpha value is -3.51. The molecular formula is C24H20ClN5O. The van der Waals surface area contributed by atoms with E-state index in [0.29, 0.717) is 22.2 Å². The van der Waals surface area contributed by atoms with Crippen molar-refractivity contribution in [1.29, 1.82) is 0 Å². The van der Waals surface area contributed by atoms with Gasteiger partial charge in [0.1, 0.15) is 5.15 Å². The summed E-state index contributed by atoms with van der Waals surface area (Å²) in [6, 6.07) is 19.2. The summed E-state index contributed by atoms with van der Waals surface area (Å²) in [6.45, 7) is 1.85. The molecule has 0 spiro atoms. The van der Waals surface area contributed by atoms with Crippen molar-refractivity contribution in [2.45, 2.75) is 25.7 Å². The van der Waals surface area contributed by atoms with E-state index in [9.17, 15) is 4.79 Å². The number of hydrazone groups is 1. The molecule has 1 N–H and O–H groups in total. The number of aryl methyl sites for hydroxylation is 1. The molecule has 0 bridgehead atoms. The molecule has 0 atom stereocenters. The van der Waals surface area contributed by atoms with Gasteiger partial charge in [0.25, 0.3) is 5.91 Å². The summed E-state index contributed by atoms with van der Waals surface area (Å²) < 4.78 is 1.65. The average molecular weight is 430 g/mol. The highest BCUT2D eigenvalue weighted by Crippen LogP contribution is 2.40. The first-order chi connectivity index (χ1) is 15.1. The summed E-state index contributed by atoms with van der Waals surface area (Å²) >= 11 is 6.53. The van der Waals surface area contributed by atoms with Crippen LogP contribution in [0, 0.1) is 6.92 Å². The minimum atomic E-state index is -0.277. The van der Waals surface area contributed by atoms with Crippen molar-refractivity contribution in [3.05, 3.63) is 88.3 Å². The molecule has 2 aromatic carbocycles. The summed E-state index contributed by atoms with van der Waals surface area (Å²) in [6.07, 6.45) is 3.77. The number of fused-ring (bicyclic) bond motifs is 1. The number of hydrogen-bond acceptors (Lipinski definition) is 4. The lowest BCUT2D eigenvalue weighted by Gasteiger charge is -2.08. The summed E-state index contributed by atoms with van der Waals surface area (Å²) in [5, 5.41) is 9.90. The van der Waals surface area contributed by atoms with Crippen molar-refractivity contribution in [2.24, 2.45) is 5.10 Å². The molecule has 154 valence electrons. The fourth-order valence-corrected chi connectivity index (χ4v) is 3.91. The minimum absolute atomic E-state index is 0.277. The number of hydrogen-bond donors (Lipinski definition) is 1. The van der Waals surface area contributed by atoms with Gasteiger partial charge >= 0.3 is 0 Å². The van der Waals surface area contributed by atoms with Crippen molar-refractivity contribution >= 4 is 34.6 Å². The number of pyridine rings is 1. The molecule has 2 aromatic heterocycles. The molecule has 2 heterocycles. The predicted molar refractivity (Wildman–Crippen MR) is 122 cm³/mol. The number of benzene rings is 2. The molecule has 1 fully saturated rings. The van der Waals surface area contributed by atoms with E-state index >= 15 is 0 Å². The second-order valence-corrected chi connectivity index (χ2v) is 7.98. The highest BCUT2D eigenvalue weighted by molar-refractivity contribution is 6.32. The van der Waals surface area contributed by atoms with E-state index in [2.05, 4.69) is 15.6 Å². The third-order valence-electron chi connectivity index (χ3n) is 5.38. The van der Waals surface area contributed by atoms with Crippen molar-refractivity contribution < 1.29 is 4.79 Å². The molecule has 31 heavy (non-hydrogen) atoms. The van der Waals surface area contributed by atoms with Crippen molar-refractivity contribution in [1.82, 2.24) is 20.2 Å². The fraction of sp³-hybridized carbons (Fsp3) is 0.167. The average Bonchev–Trinajstić information content (AvgIpc) is 3.61. The summed E-state index contributed by atoms with van der Waals surface area (Å²) in [5.41, 5.74) is 7.24. The number of para-hydroxylation sites is 2. The first-order valence-electron chi connectivity index (χ1n) is 10.2. The molecule has 6 nitrogen and oxygen atoms in total.